The van der Waals surface area contributed by atoms with E-state index in [4.69, 9.17) is 0 Å². The van der Waals surface area contributed by atoms with E-state index in [1.807, 2.05) is 35.7 Å². The molecule has 1 aliphatic rings. The Balaban J connectivity index is 1.61. The summed E-state index contributed by atoms with van der Waals surface area (Å²) in [7, 11) is 0. The molecule has 0 spiro atoms. The molecule has 26 heavy (non-hydrogen) atoms. The van der Waals surface area contributed by atoms with Crippen molar-refractivity contribution in [3.63, 3.8) is 0 Å². The Hall–Kier alpha value is -2.21. The normalized spacial score (nSPS) is 14.8. The van der Waals surface area contributed by atoms with Crippen molar-refractivity contribution in [2.45, 2.75) is 51.0 Å². The summed E-state index contributed by atoms with van der Waals surface area (Å²) in [5.74, 6) is -0.103. The van der Waals surface area contributed by atoms with Crippen LogP contribution >= 0.6 is 11.3 Å². The second-order valence-electron chi connectivity index (χ2n) is 6.68. The van der Waals surface area contributed by atoms with Gasteiger partial charge in [-0.05, 0) is 24.8 Å². The molecule has 2 aromatic rings. The lowest BCUT2D eigenvalue weighted by Gasteiger charge is -2.34. The van der Waals surface area contributed by atoms with Gasteiger partial charge in [-0.15, -0.1) is 11.3 Å². The average molecular weight is 372 g/mol. The molecule has 0 radical (unpaired) electrons. The summed E-state index contributed by atoms with van der Waals surface area (Å²) in [6, 6.07) is 10.2. The number of aryl methyl sites for hydroxylation is 1. The van der Waals surface area contributed by atoms with Gasteiger partial charge in [0.15, 0.2) is 5.13 Å². The fourth-order valence-corrected chi connectivity index (χ4v) is 4.00. The van der Waals surface area contributed by atoms with Gasteiger partial charge in [-0.3, -0.25) is 9.59 Å². The zero-order valence-electron chi connectivity index (χ0n) is 14.9. The number of aromatic nitrogens is 1. The number of benzene rings is 1. The zero-order chi connectivity index (χ0) is 18.2. The number of carbonyl (C=O) groups is 2. The molecular weight excluding hydrogens is 346 g/mol. The summed E-state index contributed by atoms with van der Waals surface area (Å²) in [6.07, 6.45) is 8.24. The van der Waals surface area contributed by atoms with Gasteiger partial charge in [0.25, 0.3) is 0 Å². The quantitative estimate of drug-likeness (QED) is 0.803. The molecule has 0 atom stereocenters. The highest BCUT2D eigenvalue weighted by atomic mass is 32.1. The predicted octanol–water partition coefficient (Wildman–Crippen LogP) is 3.88. The molecular formula is C20H25N3O2S. The molecule has 1 aromatic carbocycles. The predicted molar refractivity (Wildman–Crippen MR) is 104 cm³/mol. The molecule has 1 saturated carbocycles. The van der Waals surface area contributed by atoms with Crippen molar-refractivity contribution in [2.75, 3.05) is 11.9 Å². The van der Waals surface area contributed by atoms with Crippen LogP contribution in [0.1, 0.15) is 44.1 Å². The standard InChI is InChI=1S/C20H25N3O2S/c24-18(22-20-21-13-14-26-20)15-23(17-9-5-2-6-10-17)19(25)12-11-16-7-3-1-4-8-16/h1,3-4,7-8,13-14,17H,2,5-6,9-12,15H2,(H,21,22,24). The van der Waals surface area contributed by atoms with Crippen molar-refractivity contribution in [2.24, 2.45) is 0 Å². The number of carbonyl (C=O) groups excluding carboxylic acids is 2. The summed E-state index contributed by atoms with van der Waals surface area (Å²) in [5.41, 5.74) is 1.15. The van der Waals surface area contributed by atoms with E-state index in [0.29, 0.717) is 18.0 Å². The first-order chi connectivity index (χ1) is 12.7. The third-order valence-electron chi connectivity index (χ3n) is 4.80. The van der Waals surface area contributed by atoms with E-state index >= 15 is 0 Å². The van der Waals surface area contributed by atoms with Crippen LogP contribution in [0.2, 0.25) is 0 Å². The summed E-state index contributed by atoms with van der Waals surface area (Å²) < 4.78 is 0. The van der Waals surface area contributed by atoms with Crippen molar-refractivity contribution in [3.8, 4) is 0 Å². The summed E-state index contributed by atoms with van der Waals surface area (Å²) >= 11 is 1.38. The number of thiazole rings is 1. The van der Waals surface area contributed by atoms with Crippen molar-refractivity contribution < 1.29 is 9.59 Å². The fraction of sp³-hybridized carbons (Fsp3) is 0.450. The van der Waals surface area contributed by atoms with E-state index in [2.05, 4.69) is 10.3 Å². The molecule has 0 bridgehead atoms. The minimum atomic E-state index is -0.168. The van der Waals surface area contributed by atoms with Gasteiger partial charge in [-0.1, -0.05) is 49.6 Å². The van der Waals surface area contributed by atoms with Gasteiger partial charge in [0.05, 0.1) is 0 Å². The molecule has 0 aliphatic heterocycles. The third kappa shape index (κ3) is 5.39. The van der Waals surface area contributed by atoms with Crippen LogP contribution in [-0.4, -0.2) is 34.3 Å². The molecule has 1 aliphatic carbocycles. The molecule has 1 heterocycles. The minimum absolute atomic E-state index is 0.0649. The van der Waals surface area contributed by atoms with E-state index in [-0.39, 0.29) is 24.4 Å². The van der Waals surface area contributed by atoms with Crippen molar-refractivity contribution in [1.29, 1.82) is 0 Å². The number of amides is 2. The van der Waals surface area contributed by atoms with Crippen molar-refractivity contribution in [3.05, 3.63) is 47.5 Å². The zero-order valence-corrected chi connectivity index (χ0v) is 15.7. The number of nitrogens with one attached hydrogen (secondary N) is 1. The van der Waals surface area contributed by atoms with Crippen LogP contribution < -0.4 is 5.32 Å². The van der Waals surface area contributed by atoms with Gasteiger partial charge >= 0.3 is 0 Å². The maximum Gasteiger partial charge on any atom is 0.245 e. The molecule has 0 saturated heterocycles. The van der Waals surface area contributed by atoms with Crippen LogP contribution in [0.5, 0.6) is 0 Å². The maximum absolute atomic E-state index is 12.9. The van der Waals surface area contributed by atoms with Crippen molar-refractivity contribution in [1.82, 2.24) is 9.88 Å². The lowest BCUT2D eigenvalue weighted by Crippen LogP contribution is -2.45. The Labute approximate surface area is 158 Å². The van der Waals surface area contributed by atoms with Gasteiger partial charge < -0.3 is 10.2 Å². The second-order valence-corrected chi connectivity index (χ2v) is 7.58. The summed E-state index contributed by atoms with van der Waals surface area (Å²) in [6.45, 7) is 0.109. The van der Waals surface area contributed by atoms with E-state index in [1.165, 1.54) is 17.8 Å². The van der Waals surface area contributed by atoms with Gasteiger partial charge in [0.1, 0.15) is 6.54 Å². The van der Waals surface area contributed by atoms with Gasteiger partial charge in [0.2, 0.25) is 11.8 Å². The first-order valence-corrected chi connectivity index (χ1v) is 10.1. The molecule has 1 N–H and O–H groups in total. The molecule has 0 unspecified atom stereocenters. The second kappa shape index (κ2) is 9.48. The van der Waals surface area contributed by atoms with E-state index in [9.17, 15) is 9.59 Å². The molecule has 1 fully saturated rings. The Kier molecular flexibility index (Phi) is 6.77. The minimum Gasteiger partial charge on any atom is -0.330 e. The van der Waals surface area contributed by atoms with Crippen LogP contribution in [0.15, 0.2) is 41.9 Å². The average Bonchev–Trinajstić information content (AvgIpc) is 3.18. The highest BCUT2D eigenvalue weighted by Gasteiger charge is 2.27. The largest absolute Gasteiger partial charge is 0.330 e. The number of nitrogens with zero attached hydrogens (tertiary/aromatic N) is 2. The fourth-order valence-electron chi connectivity index (χ4n) is 3.45. The van der Waals surface area contributed by atoms with Crippen LogP contribution in [0, 0.1) is 0 Å². The summed E-state index contributed by atoms with van der Waals surface area (Å²) in [4.78, 5) is 31.2. The highest BCUT2D eigenvalue weighted by Crippen LogP contribution is 2.23. The number of hydrogen-bond acceptors (Lipinski definition) is 4. The number of rotatable bonds is 7. The Morgan fingerprint density at radius 2 is 1.92 bits per heavy atom. The molecule has 2 amide bonds. The molecule has 3 rings (SSSR count). The van der Waals surface area contributed by atoms with Crippen LogP contribution in [0.4, 0.5) is 5.13 Å². The van der Waals surface area contributed by atoms with Gasteiger partial charge in [0, 0.05) is 24.0 Å². The molecule has 6 heteroatoms. The van der Waals surface area contributed by atoms with Gasteiger partial charge in [-0.2, -0.15) is 0 Å². The SMILES string of the molecule is O=C(CN(C(=O)CCc1ccccc1)C1CCCCC1)Nc1nccs1. The van der Waals surface area contributed by atoms with Crippen LogP contribution in [0.3, 0.4) is 0 Å². The lowest BCUT2D eigenvalue weighted by molar-refractivity contribution is -0.137. The highest BCUT2D eigenvalue weighted by molar-refractivity contribution is 7.13. The Morgan fingerprint density at radius 3 is 2.62 bits per heavy atom. The van der Waals surface area contributed by atoms with Crippen molar-refractivity contribution >= 4 is 28.3 Å². The first-order valence-electron chi connectivity index (χ1n) is 9.25. The van der Waals surface area contributed by atoms with Crippen LogP contribution in [0.25, 0.3) is 0 Å². The molecule has 138 valence electrons. The first kappa shape index (κ1) is 18.6. The summed E-state index contributed by atoms with van der Waals surface area (Å²) in [5, 5.41) is 5.19. The van der Waals surface area contributed by atoms with Gasteiger partial charge in [-0.25, -0.2) is 4.98 Å². The van der Waals surface area contributed by atoms with E-state index < -0.39 is 0 Å². The Bertz CT molecular complexity index is 697. The Morgan fingerprint density at radius 1 is 1.15 bits per heavy atom. The van der Waals surface area contributed by atoms with Crippen LogP contribution in [-0.2, 0) is 16.0 Å². The number of hydrogen-bond donors (Lipinski definition) is 1. The van der Waals surface area contributed by atoms with E-state index in [0.717, 1.165) is 31.2 Å². The lowest BCUT2D eigenvalue weighted by atomic mass is 9.93. The topological polar surface area (TPSA) is 62.3 Å². The van der Waals surface area contributed by atoms with E-state index in [1.54, 1.807) is 11.1 Å². The third-order valence-corrected chi connectivity index (χ3v) is 5.49. The monoisotopic (exact) mass is 371 g/mol. The smallest absolute Gasteiger partial charge is 0.245 e. The number of anilines is 1. The molecule has 1 aromatic heterocycles. The molecule has 5 nitrogen and oxygen atoms in total. The maximum atomic E-state index is 12.9.